The summed E-state index contributed by atoms with van der Waals surface area (Å²) in [6.45, 7) is 3.56. The van der Waals surface area contributed by atoms with Crippen LogP contribution in [0.3, 0.4) is 0 Å². The Morgan fingerprint density at radius 1 is 1.65 bits per heavy atom. The molecule has 0 aliphatic carbocycles. The minimum Gasteiger partial charge on any atom is -0.380 e. The lowest BCUT2D eigenvalue weighted by Crippen LogP contribution is -2.17. The molecule has 2 heterocycles. The number of aromatic nitrogens is 2. The Kier molecular flexibility index (Phi) is 3.37. The molecule has 1 aromatic heterocycles. The maximum Gasteiger partial charge on any atom is 0.229 e. The monoisotopic (exact) mass is 232 g/mol. The van der Waals surface area contributed by atoms with E-state index in [2.05, 4.69) is 33.6 Å². The van der Waals surface area contributed by atoms with Gasteiger partial charge in [0.1, 0.15) is 0 Å². The lowest BCUT2D eigenvalue weighted by molar-refractivity contribution is -0.114. The van der Waals surface area contributed by atoms with Crippen LogP contribution in [0.15, 0.2) is 24.0 Å². The summed E-state index contributed by atoms with van der Waals surface area (Å²) < 4.78 is 0. The minimum atomic E-state index is -0.158. The van der Waals surface area contributed by atoms with Gasteiger partial charge in [0.15, 0.2) is 0 Å². The van der Waals surface area contributed by atoms with Crippen LogP contribution in [-0.4, -0.2) is 15.9 Å². The van der Waals surface area contributed by atoms with E-state index in [1.165, 1.54) is 12.6 Å². The van der Waals surface area contributed by atoms with Crippen LogP contribution in [0.1, 0.15) is 38.4 Å². The lowest BCUT2D eigenvalue weighted by atomic mass is 10.2. The predicted molar refractivity (Wildman–Crippen MR) is 65.2 cm³/mol. The number of nitrogens with zero attached hydrogens (tertiary/aromatic N) is 2. The molecule has 2 N–H and O–H groups in total. The van der Waals surface area contributed by atoms with Crippen molar-refractivity contribution in [3.8, 4) is 0 Å². The summed E-state index contributed by atoms with van der Waals surface area (Å²) >= 11 is 0. The van der Waals surface area contributed by atoms with Gasteiger partial charge in [0, 0.05) is 18.8 Å². The predicted octanol–water partition coefficient (Wildman–Crippen LogP) is 1.76. The first-order valence-electron chi connectivity index (χ1n) is 5.75. The smallest absolute Gasteiger partial charge is 0.229 e. The zero-order valence-electron chi connectivity index (χ0n) is 10.0. The highest BCUT2D eigenvalue weighted by Crippen LogP contribution is 2.24. The van der Waals surface area contributed by atoms with Crippen molar-refractivity contribution in [2.24, 2.45) is 0 Å². The van der Waals surface area contributed by atoms with E-state index in [0.29, 0.717) is 5.95 Å². The fourth-order valence-electron chi connectivity index (χ4n) is 1.83. The van der Waals surface area contributed by atoms with Crippen LogP contribution in [0.2, 0.25) is 0 Å². The third-order valence-electron chi connectivity index (χ3n) is 2.66. The molecule has 0 saturated heterocycles. The number of anilines is 1. The number of rotatable bonds is 3. The van der Waals surface area contributed by atoms with Crippen molar-refractivity contribution in [2.75, 3.05) is 5.32 Å². The fourth-order valence-corrected chi connectivity index (χ4v) is 1.83. The fraction of sp³-hybridized carbons (Fsp3) is 0.417. The highest BCUT2D eigenvalue weighted by atomic mass is 16.1. The zero-order chi connectivity index (χ0) is 12.3. The Morgan fingerprint density at radius 2 is 2.47 bits per heavy atom. The number of hydrogen-bond donors (Lipinski definition) is 2. The molecule has 0 radical (unpaired) electrons. The first kappa shape index (κ1) is 11.6. The summed E-state index contributed by atoms with van der Waals surface area (Å²) in [5.41, 5.74) is 2.15. The molecule has 1 amide bonds. The van der Waals surface area contributed by atoms with Crippen LogP contribution >= 0.6 is 0 Å². The summed E-state index contributed by atoms with van der Waals surface area (Å²) in [6, 6.07) is 2.07. The van der Waals surface area contributed by atoms with Crippen LogP contribution in [0.5, 0.6) is 0 Å². The summed E-state index contributed by atoms with van der Waals surface area (Å²) in [5.74, 6) is 0.204. The molecular weight excluding hydrogens is 216 g/mol. The average molecular weight is 232 g/mol. The van der Waals surface area contributed by atoms with E-state index in [4.69, 9.17) is 0 Å². The topological polar surface area (TPSA) is 66.9 Å². The van der Waals surface area contributed by atoms with E-state index < -0.39 is 0 Å². The molecule has 5 heteroatoms. The second kappa shape index (κ2) is 4.95. The third kappa shape index (κ3) is 2.81. The molecule has 0 bridgehead atoms. The van der Waals surface area contributed by atoms with E-state index in [-0.39, 0.29) is 11.9 Å². The van der Waals surface area contributed by atoms with Gasteiger partial charge in [-0.2, -0.15) is 0 Å². The molecule has 17 heavy (non-hydrogen) atoms. The maximum absolute atomic E-state index is 10.9. The number of carbonyl (C=O) groups is 1. The first-order valence-corrected chi connectivity index (χ1v) is 5.75. The van der Waals surface area contributed by atoms with Crippen molar-refractivity contribution in [1.82, 2.24) is 15.3 Å². The Labute approximate surface area is 100 Å². The van der Waals surface area contributed by atoms with Gasteiger partial charge in [0.25, 0.3) is 0 Å². The Bertz CT molecular complexity index is 456. The highest BCUT2D eigenvalue weighted by Gasteiger charge is 2.18. The SMILES string of the molecule is CCC1=CCC(c2ccnc(NC(C)=O)n2)N1. The quantitative estimate of drug-likeness (QED) is 0.833. The zero-order valence-corrected chi connectivity index (χ0v) is 10.0. The lowest BCUT2D eigenvalue weighted by Gasteiger charge is -2.13. The largest absolute Gasteiger partial charge is 0.380 e. The second-order valence-electron chi connectivity index (χ2n) is 4.00. The van der Waals surface area contributed by atoms with Gasteiger partial charge in [-0.05, 0) is 18.9 Å². The van der Waals surface area contributed by atoms with Crippen LogP contribution in [0, 0.1) is 0 Å². The molecular formula is C12H16N4O. The Hall–Kier alpha value is -1.91. The standard InChI is InChI=1S/C12H16N4O/c1-3-9-4-5-10(15-9)11-6-7-13-12(16-11)14-8(2)17/h4,6-7,10,15H,3,5H2,1-2H3,(H,13,14,16,17). The van der Waals surface area contributed by atoms with E-state index in [0.717, 1.165) is 18.5 Å². The molecule has 0 fully saturated rings. The number of amides is 1. The van der Waals surface area contributed by atoms with Crippen molar-refractivity contribution in [3.63, 3.8) is 0 Å². The van der Waals surface area contributed by atoms with Crippen LogP contribution in [0.25, 0.3) is 0 Å². The van der Waals surface area contributed by atoms with Crippen molar-refractivity contribution in [1.29, 1.82) is 0 Å². The van der Waals surface area contributed by atoms with Crippen LogP contribution < -0.4 is 10.6 Å². The molecule has 1 aliphatic rings. The van der Waals surface area contributed by atoms with Gasteiger partial charge in [0.2, 0.25) is 11.9 Å². The van der Waals surface area contributed by atoms with Gasteiger partial charge in [0.05, 0.1) is 11.7 Å². The van der Waals surface area contributed by atoms with Crippen molar-refractivity contribution in [3.05, 3.63) is 29.7 Å². The molecule has 1 aliphatic heterocycles. The average Bonchev–Trinajstić information content (AvgIpc) is 2.77. The van der Waals surface area contributed by atoms with E-state index >= 15 is 0 Å². The number of carbonyl (C=O) groups excluding carboxylic acids is 1. The normalized spacial score (nSPS) is 18.5. The highest BCUT2D eigenvalue weighted by molar-refractivity contribution is 5.86. The third-order valence-corrected chi connectivity index (χ3v) is 2.66. The molecule has 90 valence electrons. The molecule has 0 aromatic carbocycles. The summed E-state index contributed by atoms with van der Waals surface area (Å²) in [7, 11) is 0. The summed E-state index contributed by atoms with van der Waals surface area (Å²) in [6.07, 6.45) is 5.78. The first-order chi connectivity index (χ1) is 8.19. The van der Waals surface area contributed by atoms with Crippen molar-refractivity contribution >= 4 is 11.9 Å². The Morgan fingerprint density at radius 3 is 3.12 bits per heavy atom. The van der Waals surface area contributed by atoms with Gasteiger partial charge in [-0.1, -0.05) is 13.0 Å². The molecule has 1 unspecified atom stereocenters. The van der Waals surface area contributed by atoms with Gasteiger partial charge in [-0.3, -0.25) is 10.1 Å². The second-order valence-corrected chi connectivity index (χ2v) is 4.00. The molecule has 2 rings (SSSR count). The molecule has 1 aromatic rings. The van der Waals surface area contributed by atoms with Gasteiger partial charge in [-0.25, -0.2) is 9.97 Å². The molecule has 0 spiro atoms. The maximum atomic E-state index is 10.9. The van der Waals surface area contributed by atoms with Crippen molar-refractivity contribution < 1.29 is 4.79 Å². The molecule has 1 atom stereocenters. The van der Waals surface area contributed by atoms with E-state index in [1.807, 2.05) is 6.07 Å². The molecule has 0 saturated carbocycles. The van der Waals surface area contributed by atoms with Gasteiger partial charge in [-0.15, -0.1) is 0 Å². The van der Waals surface area contributed by atoms with Gasteiger partial charge < -0.3 is 5.32 Å². The summed E-state index contributed by atoms with van der Waals surface area (Å²) in [4.78, 5) is 19.3. The number of allylic oxidation sites excluding steroid dienone is 1. The Balaban J connectivity index is 2.09. The number of hydrogen-bond acceptors (Lipinski definition) is 4. The van der Waals surface area contributed by atoms with E-state index in [1.54, 1.807) is 6.20 Å². The summed E-state index contributed by atoms with van der Waals surface area (Å²) in [5, 5.41) is 5.98. The molecule has 5 nitrogen and oxygen atoms in total. The number of nitrogens with one attached hydrogen (secondary N) is 2. The van der Waals surface area contributed by atoms with Crippen LogP contribution in [-0.2, 0) is 4.79 Å². The van der Waals surface area contributed by atoms with E-state index in [9.17, 15) is 4.79 Å². The minimum absolute atomic E-state index is 0.158. The van der Waals surface area contributed by atoms with Gasteiger partial charge >= 0.3 is 0 Å². The van der Waals surface area contributed by atoms with Crippen molar-refractivity contribution in [2.45, 2.75) is 32.7 Å². The van der Waals surface area contributed by atoms with Crippen LogP contribution in [0.4, 0.5) is 5.95 Å².